The first-order valence-corrected chi connectivity index (χ1v) is 11.9. The molecule has 0 unspecified atom stereocenters. The van der Waals surface area contributed by atoms with Crippen LogP contribution in [-0.2, 0) is 4.79 Å². The van der Waals surface area contributed by atoms with E-state index in [-0.39, 0.29) is 17.7 Å². The van der Waals surface area contributed by atoms with E-state index in [1.807, 2.05) is 34.5 Å². The molecule has 6 nitrogen and oxygen atoms in total. The summed E-state index contributed by atoms with van der Waals surface area (Å²) in [6.45, 7) is 4.87. The van der Waals surface area contributed by atoms with Crippen LogP contribution in [0.1, 0.15) is 36.0 Å². The Kier molecular flexibility index (Phi) is 5.56. The lowest BCUT2D eigenvalue weighted by Gasteiger charge is -2.40. The first-order chi connectivity index (χ1) is 14.7. The molecule has 0 spiro atoms. The Labute approximate surface area is 181 Å². The highest BCUT2D eigenvalue weighted by atomic mass is 32.1. The van der Waals surface area contributed by atoms with Gasteiger partial charge in [-0.15, -0.1) is 11.3 Å². The first kappa shape index (κ1) is 19.7. The Morgan fingerprint density at radius 2 is 1.73 bits per heavy atom. The Morgan fingerprint density at radius 1 is 0.933 bits per heavy atom. The Morgan fingerprint density at radius 3 is 2.40 bits per heavy atom. The van der Waals surface area contributed by atoms with Gasteiger partial charge in [-0.2, -0.15) is 0 Å². The van der Waals surface area contributed by atoms with Gasteiger partial charge in [-0.25, -0.2) is 4.98 Å². The fraction of sp³-hybridized carbons (Fsp3) is 0.522. The Hall–Kier alpha value is -2.25. The lowest BCUT2D eigenvalue weighted by molar-refractivity contribution is -0.139. The second kappa shape index (κ2) is 8.47. The molecule has 0 atom stereocenters. The van der Waals surface area contributed by atoms with E-state index < -0.39 is 0 Å². The van der Waals surface area contributed by atoms with Crippen LogP contribution in [-0.4, -0.2) is 76.8 Å². The SMILES string of the molecule is O=C(c1ccc(-c2nccs2)cc1)N1CC(C(=O)N2CCCN(C3CCC3)CC2)C1. The summed E-state index contributed by atoms with van der Waals surface area (Å²) in [5, 5.41) is 2.90. The van der Waals surface area contributed by atoms with E-state index in [1.54, 1.807) is 22.4 Å². The molecule has 1 saturated carbocycles. The van der Waals surface area contributed by atoms with Crippen LogP contribution in [0.4, 0.5) is 0 Å². The van der Waals surface area contributed by atoms with Crippen molar-refractivity contribution in [2.24, 2.45) is 5.92 Å². The van der Waals surface area contributed by atoms with Crippen molar-refractivity contribution in [3.63, 3.8) is 0 Å². The maximum absolute atomic E-state index is 12.9. The minimum absolute atomic E-state index is 0.0109. The van der Waals surface area contributed by atoms with Crippen LogP contribution >= 0.6 is 11.3 Å². The van der Waals surface area contributed by atoms with Crippen molar-refractivity contribution in [2.75, 3.05) is 39.3 Å². The summed E-state index contributed by atoms with van der Waals surface area (Å²) in [6, 6.07) is 8.36. The molecule has 1 aromatic heterocycles. The van der Waals surface area contributed by atoms with Crippen LogP contribution in [0, 0.1) is 5.92 Å². The maximum Gasteiger partial charge on any atom is 0.253 e. The van der Waals surface area contributed by atoms with Gasteiger partial charge in [0.25, 0.3) is 5.91 Å². The molecule has 2 aliphatic heterocycles. The number of likely N-dealkylation sites (tertiary alicyclic amines) is 1. The van der Waals surface area contributed by atoms with Crippen molar-refractivity contribution in [3.8, 4) is 10.6 Å². The standard InChI is InChI=1S/C23H28N4O2S/c28-22(18-7-5-17(6-8-18)21-24-9-14-30-21)27-15-19(16-27)23(29)26-11-2-10-25(12-13-26)20-3-1-4-20/h5-9,14,19-20H,1-4,10-13,15-16H2. The number of rotatable bonds is 4. The molecule has 1 aromatic carbocycles. The highest BCUT2D eigenvalue weighted by Crippen LogP contribution is 2.27. The van der Waals surface area contributed by atoms with Crippen LogP contribution < -0.4 is 0 Å². The molecule has 0 N–H and O–H groups in total. The third-order valence-corrected chi connectivity index (χ3v) is 7.58. The van der Waals surface area contributed by atoms with E-state index in [9.17, 15) is 9.59 Å². The largest absolute Gasteiger partial charge is 0.341 e. The van der Waals surface area contributed by atoms with E-state index in [2.05, 4.69) is 9.88 Å². The fourth-order valence-corrected chi connectivity index (χ4v) is 5.28. The smallest absolute Gasteiger partial charge is 0.253 e. The van der Waals surface area contributed by atoms with E-state index in [0.717, 1.165) is 49.2 Å². The average molecular weight is 425 g/mol. The number of thiazole rings is 1. The summed E-state index contributed by atoms with van der Waals surface area (Å²) in [6.07, 6.45) is 6.83. The molecule has 3 fully saturated rings. The third-order valence-electron chi connectivity index (χ3n) is 6.76. The number of aromatic nitrogens is 1. The molecule has 3 heterocycles. The highest BCUT2D eigenvalue weighted by molar-refractivity contribution is 7.13. The number of hydrogen-bond donors (Lipinski definition) is 0. The third kappa shape index (κ3) is 3.88. The van der Waals surface area contributed by atoms with Crippen molar-refractivity contribution in [3.05, 3.63) is 41.4 Å². The number of hydrogen-bond acceptors (Lipinski definition) is 5. The molecule has 158 valence electrons. The summed E-state index contributed by atoms with van der Waals surface area (Å²) >= 11 is 1.59. The van der Waals surface area contributed by atoms with E-state index in [0.29, 0.717) is 18.7 Å². The summed E-state index contributed by atoms with van der Waals surface area (Å²) in [4.78, 5) is 36.4. The van der Waals surface area contributed by atoms with Gasteiger partial charge in [-0.3, -0.25) is 14.5 Å². The second-order valence-electron chi connectivity index (χ2n) is 8.62. The van der Waals surface area contributed by atoms with Crippen LogP contribution in [0.5, 0.6) is 0 Å². The zero-order valence-electron chi connectivity index (χ0n) is 17.2. The molecule has 5 rings (SSSR count). The predicted octanol–water partition coefficient (Wildman–Crippen LogP) is 2.97. The topological polar surface area (TPSA) is 56.8 Å². The highest BCUT2D eigenvalue weighted by Gasteiger charge is 2.39. The quantitative estimate of drug-likeness (QED) is 0.757. The van der Waals surface area contributed by atoms with Gasteiger partial charge in [0, 0.05) is 68.0 Å². The summed E-state index contributed by atoms with van der Waals surface area (Å²) < 4.78 is 0. The number of benzene rings is 1. The zero-order valence-corrected chi connectivity index (χ0v) is 18.0. The van der Waals surface area contributed by atoms with Gasteiger partial charge < -0.3 is 9.80 Å². The average Bonchev–Trinajstić information content (AvgIpc) is 3.12. The molecule has 2 saturated heterocycles. The maximum atomic E-state index is 12.9. The number of amides is 2. The summed E-state index contributed by atoms with van der Waals surface area (Å²) in [5.74, 6) is 0.198. The number of nitrogens with zero attached hydrogens (tertiary/aromatic N) is 4. The van der Waals surface area contributed by atoms with E-state index in [4.69, 9.17) is 0 Å². The van der Waals surface area contributed by atoms with Crippen LogP contribution in [0.2, 0.25) is 0 Å². The molecule has 1 aliphatic carbocycles. The van der Waals surface area contributed by atoms with Crippen LogP contribution in [0.3, 0.4) is 0 Å². The predicted molar refractivity (Wildman–Crippen MR) is 117 cm³/mol. The van der Waals surface area contributed by atoms with E-state index in [1.165, 1.54) is 19.3 Å². The molecule has 2 amide bonds. The van der Waals surface area contributed by atoms with E-state index >= 15 is 0 Å². The van der Waals surface area contributed by atoms with Gasteiger partial charge in [0.15, 0.2) is 0 Å². The number of carbonyl (C=O) groups is 2. The lowest BCUT2D eigenvalue weighted by atomic mass is 9.91. The molecule has 2 aromatic rings. The molecule has 7 heteroatoms. The van der Waals surface area contributed by atoms with Gasteiger partial charge in [0.2, 0.25) is 5.91 Å². The van der Waals surface area contributed by atoms with Crippen molar-refractivity contribution in [1.82, 2.24) is 19.7 Å². The van der Waals surface area contributed by atoms with Gasteiger partial charge in [0.05, 0.1) is 5.92 Å². The van der Waals surface area contributed by atoms with Crippen molar-refractivity contribution < 1.29 is 9.59 Å². The molecule has 30 heavy (non-hydrogen) atoms. The Balaban J connectivity index is 1.13. The zero-order chi connectivity index (χ0) is 20.5. The minimum Gasteiger partial charge on any atom is -0.341 e. The van der Waals surface area contributed by atoms with Crippen molar-refractivity contribution in [2.45, 2.75) is 31.7 Å². The molecule has 0 bridgehead atoms. The second-order valence-corrected chi connectivity index (χ2v) is 9.52. The normalized spacial score (nSPS) is 21.1. The van der Waals surface area contributed by atoms with Crippen molar-refractivity contribution >= 4 is 23.2 Å². The van der Waals surface area contributed by atoms with Gasteiger partial charge in [-0.05, 0) is 31.4 Å². The lowest BCUT2D eigenvalue weighted by Crippen LogP contribution is -2.56. The minimum atomic E-state index is -0.0428. The van der Waals surface area contributed by atoms with Crippen LogP contribution in [0.25, 0.3) is 10.6 Å². The fourth-order valence-electron chi connectivity index (χ4n) is 4.64. The van der Waals surface area contributed by atoms with Crippen molar-refractivity contribution in [1.29, 1.82) is 0 Å². The molecule has 3 aliphatic rings. The molecular formula is C23H28N4O2S. The monoisotopic (exact) mass is 424 g/mol. The summed E-state index contributed by atoms with van der Waals surface area (Å²) in [7, 11) is 0. The molecular weight excluding hydrogens is 396 g/mol. The first-order valence-electron chi connectivity index (χ1n) is 11.0. The molecule has 0 radical (unpaired) electrons. The number of carbonyl (C=O) groups excluding carboxylic acids is 2. The van der Waals surface area contributed by atoms with Gasteiger partial charge in [0.1, 0.15) is 5.01 Å². The van der Waals surface area contributed by atoms with Crippen LogP contribution in [0.15, 0.2) is 35.8 Å². The van der Waals surface area contributed by atoms with Gasteiger partial charge in [-0.1, -0.05) is 18.6 Å². The Bertz CT molecular complexity index is 888. The van der Waals surface area contributed by atoms with Gasteiger partial charge >= 0.3 is 0 Å². The summed E-state index contributed by atoms with van der Waals surface area (Å²) in [5.41, 5.74) is 1.70.